The second-order valence-electron chi connectivity index (χ2n) is 8.47. The summed E-state index contributed by atoms with van der Waals surface area (Å²) in [5.74, 6) is 1.22. The lowest BCUT2D eigenvalue weighted by atomic mass is 9.88. The highest BCUT2D eigenvalue weighted by Gasteiger charge is 2.23. The summed E-state index contributed by atoms with van der Waals surface area (Å²) >= 11 is 3.42. The second kappa shape index (κ2) is 9.82. The van der Waals surface area contributed by atoms with E-state index >= 15 is 0 Å². The van der Waals surface area contributed by atoms with E-state index in [0.29, 0.717) is 28.0 Å². The van der Waals surface area contributed by atoms with E-state index in [2.05, 4.69) is 21.0 Å². The third-order valence-corrected chi connectivity index (χ3v) is 6.18. The highest BCUT2D eigenvalue weighted by atomic mass is 79.9. The monoisotopic (exact) mass is 512 g/mol. The molecule has 33 heavy (non-hydrogen) atoms. The van der Waals surface area contributed by atoms with Gasteiger partial charge in [-0.25, -0.2) is 4.98 Å². The number of non-ortho nitro benzene ring substituents is 1. The highest BCUT2D eigenvalue weighted by molar-refractivity contribution is 9.10. The van der Waals surface area contributed by atoms with E-state index in [1.54, 1.807) is 12.1 Å². The SMILES string of the molecule is CC(C)Oc1ccc([N+](=O)[O-])cc1C=Nn1c(C2CCCCC2)nc2ccc(Br)cc2c1=O. The van der Waals surface area contributed by atoms with E-state index in [0.717, 1.165) is 30.2 Å². The number of benzene rings is 2. The van der Waals surface area contributed by atoms with E-state index in [1.807, 2.05) is 26.0 Å². The Balaban J connectivity index is 1.87. The maximum absolute atomic E-state index is 13.5. The number of halogens is 1. The summed E-state index contributed by atoms with van der Waals surface area (Å²) in [5.41, 5.74) is 0.714. The highest BCUT2D eigenvalue weighted by Crippen LogP contribution is 2.32. The number of hydrogen-bond donors (Lipinski definition) is 0. The lowest BCUT2D eigenvalue weighted by Gasteiger charge is -2.22. The number of ether oxygens (including phenoxy) is 1. The summed E-state index contributed by atoms with van der Waals surface area (Å²) in [5, 5.41) is 16.3. The van der Waals surface area contributed by atoms with Gasteiger partial charge >= 0.3 is 0 Å². The summed E-state index contributed by atoms with van der Waals surface area (Å²) in [7, 11) is 0. The molecule has 0 spiro atoms. The molecule has 0 unspecified atom stereocenters. The van der Waals surface area contributed by atoms with Crippen LogP contribution in [0.3, 0.4) is 0 Å². The number of nitro benzene ring substituents is 1. The Bertz CT molecular complexity index is 1280. The molecule has 0 N–H and O–H groups in total. The molecule has 1 heterocycles. The normalized spacial score (nSPS) is 14.9. The van der Waals surface area contributed by atoms with Crippen molar-refractivity contribution in [2.75, 3.05) is 0 Å². The Labute approximate surface area is 199 Å². The maximum atomic E-state index is 13.5. The van der Waals surface area contributed by atoms with E-state index in [1.165, 1.54) is 29.4 Å². The van der Waals surface area contributed by atoms with Crippen LogP contribution in [-0.4, -0.2) is 26.9 Å². The average Bonchev–Trinajstić information content (AvgIpc) is 2.79. The van der Waals surface area contributed by atoms with Gasteiger partial charge in [-0.15, -0.1) is 0 Å². The second-order valence-corrected chi connectivity index (χ2v) is 9.39. The van der Waals surface area contributed by atoms with Gasteiger partial charge < -0.3 is 4.74 Å². The molecular formula is C24H25BrN4O4. The van der Waals surface area contributed by atoms with Crippen molar-refractivity contribution in [3.05, 3.63) is 72.7 Å². The Morgan fingerprint density at radius 1 is 1.21 bits per heavy atom. The van der Waals surface area contributed by atoms with Crippen LogP contribution in [0.5, 0.6) is 5.75 Å². The fourth-order valence-electron chi connectivity index (χ4n) is 4.13. The molecule has 0 bridgehead atoms. The molecule has 0 radical (unpaired) electrons. The van der Waals surface area contributed by atoms with Crippen LogP contribution in [0.4, 0.5) is 5.69 Å². The lowest BCUT2D eigenvalue weighted by Crippen LogP contribution is -2.25. The van der Waals surface area contributed by atoms with Crippen molar-refractivity contribution in [2.24, 2.45) is 5.10 Å². The Morgan fingerprint density at radius 3 is 2.67 bits per heavy atom. The molecule has 8 nitrogen and oxygen atoms in total. The van der Waals surface area contributed by atoms with Crippen molar-refractivity contribution < 1.29 is 9.66 Å². The van der Waals surface area contributed by atoms with E-state index in [4.69, 9.17) is 9.72 Å². The van der Waals surface area contributed by atoms with Crippen molar-refractivity contribution in [3.8, 4) is 5.75 Å². The molecule has 2 aromatic carbocycles. The van der Waals surface area contributed by atoms with Gasteiger partial charge in [-0.2, -0.15) is 9.78 Å². The topological polar surface area (TPSA) is 99.6 Å². The summed E-state index contributed by atoms with van der Waals surface area (Å²) < 4.78 is 7.94. The molecule has 0 saturated heterocycles. The number of aromatic nitrogens is 2. The largest absolute Gasteiger partial charge is 0.490 e. The van der Waals surface area contributed by atoms with Gasteiger partial charge in [0.05, 0.1) is 28.1 Å². The molecule has 1 aliphatic carbocycles. The van der Waals surface area contributed by atoms with E-state index < -0.39 is 4.92 Å². The van der Waals surface area contributed by atoms with Crippen molar-refractivity contribution in [3.63, 3.8) is 0 Å². The molecule has 1 aromatic heterocycles. The number of hydrogen-bond acceptors (Lipinski definition) is 6. The van der Waals surface area contributed by atoms with Gasteiger partial charge in [0.25, 0.3) is 11.2 Å². The standard InChI is InChI=1S/C24H25BrN4O4/c1-15(2)33-22-11-9-19(29(31)32)12-17(22)14-26-28-23(16-6-4-3-5-7-16)27-21-10-8-18(25)13-20(21)24(28)30/h8-16H,3-7H2,1-2H3. The lowest BCUT2D eigenvalue weighted by molar-refractivity contribution is -0.384. The molecule has 1 fully saturated rings. The summed E-state index contributed by atoms with van der Waals surface area (Å²) in [6.07, 6.45) is 6.56. The molecule has 172 valence electrons. The molecule has 0 atom stereocenters. The van der Waals surface area contributed by atoms with Gasteiger partial charge in [0, 0.05) is 28.1 Å². The zero-order chi connectivity index (χ0) is 23.5. The maximum Gasteiger partial charge on any atom is 0.282 e. The molecular weight excluding hydrogens is 488 g/mol. The van der Waals surface area contributed by atoms with Crippen molar-refractivity contribution in [1.29, 1.82) is 0 Å². The van der Waals surface area contributed by atoms with Crippen molar-refractivity contribution in [2.45, 2.75) is 58.0 Å². The number of fused-ring (bicyclic) bond motifs is 1. The Hall–Kier alpha value is -3.07. The predicted molar refractivity (Wildman–Crippen MR) is 131 cm³/mol. The fourth-order valence-corrected chi connectivity index (χ4v) is 4.50. The number of nitrogens with zero attached hydrogens (tertiary/aromatic N) is 4. The third kappa shape index (κ3) is 5.13. The van der Waals surface area contributed by atoms with Crippen LogP contribution in [0.15, 0.2) is 50.8 Å². The van der Waals surface area contributed by atoms with Crippen molar-refractivity contribution >= 4 is 38.7 Å². The predicted octanol–water partition coefficient (Wildman–Crippen LogP) is 5.78. The van der Waals surface area contributed by atoms with Crippen LogP contribution < -0.4 is 10.3 Å². The van der Waals surface area contributed by atoms with Gasteiger partial charge in [-0.1, -0.05) is 35.2 Å². The zero-order valence-corrected chi connectivity index (χ0v) is 20.1. The van der Waals surface area contributed by atoms with Gasteiger partial charge in [0.15, 0.2) is 0 Å². The minimum Gasteiger partial charge on any atom is -0.490 e. The van der Waals surface area contributed by atoms with Crippen LogP contribution in [0.25, 0.3) is 10.9 Å². The zero-order valence-electron chi connectivity index (χ0n) is 18.5. The van der Waals surface area contributed by atoms with Crippen molar-refractivity contribution in [1.82, 2.24) is 9.66 Å². The Morgan fingerprint density at radius 2 is 1.97 bits per heavy atom. The smallest absolute Gasteiger partial charge is 0.282 e. The summed E-state index contributed by atoms with van der Waals surface area (Å²) in [4.78, 5) is 29.1. The van der Waals surface area contributed by atoms with E-state index in [-0.39, 0.29) is 23.3 Å². The molecule has 0 amide bonds. The number of rotatable bonds is 6. The molecule has 0 aliphatic heterocycles. The first-order valence-electron chi connectivity index (χ1n) is 11.0. The molecule has 4 rings (SSSR count). The first kappa shape index (κ1) is 23.1. The first-order valence-corrected chi connectivity index (χ1v) is 11.8. The molecule has 9 heteroatoms. The third-order valence-electron chi connectivity index (χ3n) is 5.68. The minimum absolute atomic E-state index is 0.0759. The Kier molecular flexibility index (Phi) is 6.88. The first-order chi connectivity index (χ1) is 15.8. The average molecular weight is 513 g/mol. The van der Waals surface area contributed by atoms with Gasteiger partial charge in [-0.05, 0) is 51.0 Å². The molecule has 1 aliphatic rings. The summed E-state index contributed by atoms with van der Waals surface area (Å²) in [6, 6.07) is 9.78. The van der Waals surface area contributed by atoms with E-state index in [9.17, 15) is 14.9 Å². The van der Waals surface area contributed by atoms with Crippen LogP contribution in [0.1, 0.15) is 63.3 Å². The van der Waals surface area contributed by atoms with Crippen LogP contribution in [0.2, 0.25) is 0 Å². The van der Waals surface area contributed by atoms with Crippen LogP contribution in [0, 0.1) is 10.1 Å². The van der Waals surface area contributed by atoms with Gasteiger partial charge in [-0.3, -0.25) is 14.9 Å². The number of nitro groups is 1. The van der Waals surface area contributed by atoms with Gasteiger partial charge in [0.2, 0.25) is 0 Å². The quantitative estimate of drug-likeness (QED) is 0.236. The van der Waals surface area contributed by atoms with Crippen LogP contribution >= 0.6 is 15.9 Å². The van der Waals surface area contributed by atoms with Crippen LogP contribution in [-0.2, 0) is 0 Å². The molecule has 3 aromatic rings. The minimum atomic E-state index is -0.467. The fraction of sp³-hybridized carbons (Fsp3) is 0.375. The summed E-state index contributed by atoms with van der Waals surface area (Å²) in [6.45, 7) is 3.75. The van der Waals surface area contributed by atoms with Gasteiger partial charge in [0.1, 0.15) is 11.6 Å². The molecule has 1 saturated carbocycles.